The van der Waals surface area contributed by atoms with Gasteiger partial charge in [-0.3, -0.25) is 14.2 Å². The first-order valence-corrected chi connectivity index (χ1v) is 12.0. The molecule has 1 saturated heterocycles. The van der Waals surface area contributed by atoms with E-state index in [1.54, 1.807) is 19.1 Å². The Balaban J connectivity index is 1.59. The van der Waals surface area contributed by atoms with E-state index in [4.69, 9.17) is 9.47 Å². The van der Waals surface area contributed by atoms with E-state index in [0.29, 0.717) is 18.8 Å². The summed E-state index contributed by atoms with van der Waals surface area (Å²) >= 11 is 0. The Morgan fingerprint density at radius 2 is 1.92 bits per heavy atom. The molecule has 4 rings (SSSR count). The van der Waals surface area contributed by atoms with E-state index in [2.05, 4.69) is 20.2 Å². The van der Waals surface area contributed by atoms with Crippen LogP contribution in [-0.2, 0) is 10.9 Å². The van der Waals surface area contributed by atoms with Crippen molar-refractivity contribution in [3.8, 4) is 11.4 Å². The van der Waals surface area contributed by atoms with Gasteiger partial charge in [0, 0.05) is 49.0 Å². The maximum absolute atomic E-state index is 13.3. The highest BCUT2D eigenvalue weighted by Crippen LogP contribution is 2.26. The fourth-order valence-corrected chi connectivity index (χ4v) is 3.90. The minimum Gasteiger partial charge on any atom is -0.485 e. The molecule has 12 heteroatoms. The molecule has 0 radical (unpaired) electrons. The lowest BCUT2D eigenvalue weighted by molar-refractivity contribution is -0.145. The standard InChI is InChI=1S/C26H28F3N5O4/c1-16-4-6-20(7-5-16)34-13-18(10-22(24(34)36)38-15-21-14-33(3)8-9-37-21)23(35)32-17(2)19-11-30-25(31-12-19)26(27,28)29/h4-7,10-13,17,21H,8-9,14-15H2,1-3H3,(H,32,35)/t17-,21?/m1/s1. The number of hydrogen-bond donors (Lipinski definition) is 1. The fourth-order valence-electron chi connectivity index (χ4n) is 3.90. The van der Waals surface area contributed by atoms with Gasteiger partial charge in [0.2, 0.25) is 5.82 Å². The molecule has 1 amide bonds. The van der Waals surface area contributed by atoms with Crippen LogP contribution in [0.1, 0.15) is 40.3 Å². The number of likely N-dealkylation sites (N-methyl/N-ethyl adjacent to an activating group) is 1. The highest BCUT2D eigenvalue weighted by Gasteiger charge is 2.34. The normalized spacial score (nSPS) is 17.2. The lowest BCUT2D eigenvalue weighted by Crippen LogP contribution is -2.43. The minimum absolute atomic E-state index is 0.0273. The second-order valence-corrected chi connectivity index (χ2v) is 9.20. The zero-order chi connectivity index (χ0) is 27.4. The maximum Gasteiger partial charge on any atom is 0.451 e. The van der Waals surface area contributed by atoms with Crippen molar-refractivity contribution in [2.45, 2.75) is 32.2 Å². The molecule has 1 N–H and O–H groups in total. The molecule has 1 unspecified atom stereocenters. The van der Waals surface area contributed by atoms with Crippen molar-refractivity contribution in [1.82, 2.24) is 24.8 Å². The van der Waals surface area contributed by atoms with E-state index in [0.717, 1.165) is 24.5 Å². The number of morpholine rings is 1. The lowest BCUT2D eigenvalue weighted by atomic mass is 10.1. The van der Waals surface area contributed by atoms with Gasteiger partial charge < -0.3 is 19.7 Å². The molecule has 1 fully saturated rings. The monoisotopic (exact) mass is 531 g/mol. The van der Waals surface area contributed by atoms with Gasteiger partial charge in [0.15, 0.2) is 5.75 Å². The summed E-state index contributed by atoms with van der Waals surface area (Å²) in [5.41, 5.74) is 1.50. The van der Waals surface area contributed by atoms with Gasteiger partial charge >= 0.3 is 6.18 Å². The molecule has 202 valence electrons. The molecular weight excluding hydrogens is 503 g/mol. The Morgan fingerprint density at radius 1 is 1.24 bits per heavy atom. The number of pyridine rings is 1. The Morgan fingerprint density at radius 3 is 2.55 bits per heavy atom. The van der Waals surface area contributed by atoms with Crippen LogP contribution in [0.5, 0.6) is 5.75 Å². The van der Waals surface area contributed by atoms with Crippen LogP contribution in [0.15, 0.2) is 53.7 Å². The number of amides is 1. The lowest BCUT2D eigenvalue weighted by Gasteiger charge is -2.29. The number of carbonyl (C=O) groups excluding carboxylic acids is 1. The predicted octanol–water partition coefficient (Wildman–Crippen LogP) is 3.16. The van der Waals surface area contributed by atoms with Crippen molar-refractivity contribution in [1.29, 1.82) is 0 Å². The first kappa shape index (κ1) is 27.3. The minimum atomic E-state index is -4.66. The molecule has 0 saturated carbocycles. The largest absolute Gasteiger partial charge is 0.485 e. The molecule has 2 aromatic heterocycles. The number of halogens is 3. The Hall–Kier alpha value is -3.77. The van der Waals surface area contributed by atoms with Gasteiger partial charge in [0.05, 0.1) is 18.2 Å². The van der Waals surface area contributed by atoms with Crippen molar-refractivity contribution >= 4 is 5.91 Å². The van der Waals surface area contributed by atoms with Crippen LogP contribution in [0, 0.1) is 6.92 Å². The molecular formula is C26H28F3N5O4. The molecule has 38 heavy (non-hydrogen) atoms. The number of benzene rings is 1. The van der Waals surface area contributed by atoms with Gasteiger partial charge in [-0.05, 0) is 33.0 Å². The van der Waals surface area contributed by atoms with Gasteiger partial charge in [-0.1, -0.05) is 17.7 Å². The van der Waals surface area contributed by atoms with Gasteiger partial charge in [-0.15, -0.1) is 0 Å². The first-order chi connectivity index (χ1) is 18.0. The summed E-state index contributed by atoms with van der Waals surface area (Å²) in [5, 5.41) is 2.71. The van der Waals surface area contributed by atoms with Gasteiger partial charge in [-0.25, -0.2) is 9.97 Å². The van der Waals surface area contributed by atoms with Crippen LogP contribution in [0.2, 0.25) is 0 Å². The molecule has 3 heterocycles. The maximum atomic E-state index is 13.3. The third kappa shape index (κ3) is 6.56. The van der Waals surface area contributed by atoms with Crippen molar-refractivity contribution in [2.75, 3.05) is 33.4 Å². The smallest absolute Gasteiger partial charge is 0.451 e. The van der Waals surface area contributed by atoms with Gasteiger partial charge in [-0.2, -0.15) is 13.2 Å². The quantitative estimate of drug-likeness (QED) is 0.500. The van der Waals surface area contributed by atoms with Gasteiger partial charge in [0.1, 0.15) is 12.7 Å². The fraction of sp³-hybridized carbons (Fsp3) is 0.385. The van der Waals surface area contributed by atoms with E-state index in [-0.39, 0.29) is 29.6 Å². The van der Waals surface area contributed by atoms with E-state index in [9.17, 15) is 22.8 Å². The highest BCUT2D eigenvalue weighted by molar-refractivity contribution is 5.94. The van der Waals surface area contributed by atoms with Crippen LogP contribution in [0.25, 0.3) is 5.69 Å². The number of aromatic nitrogens is 3. The second kappa shape index (κ2) is 11.3. The molecule has 2 atom stereocenters. The Labute approximate surface area is 217 Å². The number of nitrogens with zero attached hydrogens (tertiary/aromatic N) is 4. The molecule has 0 bridgehead atoms. The number of rotatable bonds is 7. The first-order valence-electron chi connectivity index (χ1n) is 12.0. The molecule has 1 aliphatic heterocycles. The van der Waals surface area contributed by atoms with Crippen molar-refractivity contribution in [3.05, 3.63) is 81.8 Å². The summed E-state index contributed by atoms with van der Waals surface area (Å²) in [6.45, 7) is 5.62. The molecule has 0 spiro atoms. The molecule has 3 aromatic rings. The van der Waals surface area contributed by atoms with E-state index >= 15 is 0 Å². The number of ether oxygens (including phenoxy) is 2. The molecule has 9 nitrogen and oxygen atoms in total. The SMILES string of the molecule is Cc1ccc(-n2cc(C(=O)N[C@H](C)c3cnc(C(F)(F)F)nc3)cc(OCC3CN(C)CCO3)c2=O)cc1. The third-order valence-corrected chi connectivity index (χ3v) is 6.10. The van der Waals surface area contributed by atoms with Crippen LogP contribution >= 0.6 is 0 Å². The zero-order valence-electron chi connectivity index (χ0n) is 21.2. The van der Waals surface area contributed by atoms with E-state index < -0.39 is 29.5 Å². The summed E-state index contributed by atoms with van der Waals surface area (Å²) in [6, 6.07) is 7.83. The van der Waals surface area contributed by atoms with Crippen LogP contribution in [0.4, 0.5) is 13.2 Å². The predicted molar refractivity (Wildman–Crippen MR) is 132 cm³/mol. The Kier molecular flexibility index (Phi) is 8.12. The number of aryl methyl sites for hydroxylation is 1. The molecule has 1 aliphatic rings. The number of nitrogens with one attached hydrogen (secondary N) is 1. The average molecular weight is 532 g/mol. The summed E-state index contributed by atoms with van der Waals surface area (Å²) in [4.78, 5) is 35.2. The number of carbonyl (C=O) groups is 1. The molecule has 1 aromatic carbocycles. The zero-order valence-corrected chi connectivity index (χ0v) is 21.2. The summed E-state index contributed by atoms with van der Waals surface area (Å²) in [7, 11) is 1.97. The third-order valence-electron chi connectivity index (χ3n) is 6.10. The van der Waals surface area contributed by atoms with E-state index in [1.165, 1.54) is 16.8 Å². The van der Waals surface area contributed by atoms with Crippen LogP contribution in [-0.4, -0.2) is 64.8 Å². The van der Waals surface area contributed by atoms with Crippen LogP contribution in [0.3, 0.4) is 0 Å². The average Bonchev–Trinajstić information content (AvgIpc) is 2.88. The van der Waals surface area contributed by atoms with Gasteiger partial charge in [0.25, 0.3) is 11.5 Å². The Bertz CT molecular complexity index is 1330. The van der Waals surface area contributed by atoms with Crippen molar-refractivity contribution < 1.29 is 27.4 Å². The number of alkyl halides is 3. The summed E-state index contributed by atoms with van der Waals surface area (Å²) in [6.07, 6.45) is -1.47. The molecule has 0 aliphatic carbocycles. The second-order valence-electron chi connectivity index (χ2n) is 9.20. The van der Waals surface area contributed by atoms with Crippen LogP contribution < -0.4 is 15.6 Å². The summed E-state index contributed by atoms with van der Waals surface area (Å²) in [5.74, 6) is -1.85. The van der Waals surface area contributed by atoms with Crippen molar-refractivity contribution in [2.24, 2.45) is 0 Å². The summed E-state index contributed by atoms with van der Waals surface area (Å²) < 4.78 is 51.2. The highest BCUT2D eigenvalue weighted by atomic mass is 19.4. The number of hydrogen-bond acceptors (Lipinski definition) is 7. The van der Waals surface area contributed by atoms with Crippen molar-refractivity contribution in [3.63, 3.8) is 0 Å². The topological polar surface area (TPSA) is 98.6 Å². The van der Waals surface area contributed by atoms with E-state index in [1.807, 2.05) is 26.1 Å².